The maximum Gasteiger partial charge on any atom is 0.228 e. The Balaban J connectivity index is 1.42. The summed E-state index contributed by atoms with van der Waals surface area (Å²) < 4.78 is 16.7. The lowest BCUT2D eigenvalue weighted by Crippen LogP contribution is -2.03. The van der Waals surface area contributed by atoms with Crippen LogP contribution >= 0.6 is 11.6 Å². The average Bonchev–Trinajstić information content (AvgIpc) is 3.36. The van der Waals surface area contributed by atoms with Crippen LogP contribution in [-0.2, 0) is 13.5 Å². The standard InChI is InChI=1S/C20H15ClFN9/c1-30-17(5-7-24-30)27-20-23-6-4-16(26-20)13-10-19-29-28-18(31(19)25-11-13)9-12-2-3-15(22)14(21)8-12/h2-8,10-11H,9H2,1H3,(H,23,26,27). The zero-order valence-electron chi connectivity index (χ0n) is 16.2. The van der Waals surface area contributed by atoms with Gasteiger partial charge in [0, 0.05) is 31.3 Å². The first-order valence-electron chi connectivity index (χ1n) is 9.29. The zero-order valence-corrected chi connectivity index (χ0v) is 17.0. The summed E-state index contributed by atoms with van der Waals surface area (Å²) in [5.41, 5.74) is 2.84. The van der Waals surface area contributed by atoms with Crippen LogP contribution in [0.3, 0.4) is 0 Å². The molecule has 9 nitrogen and oxygen atoms in total. The molecule has 0 fully saturated rings. The van der Waals surface area contributed by atoms with Crippen LogP contribution in [-0.4, -0.2) is 39.6 Å². The van der Waals surface area contributed by atoms with E-state index in [0.717, 1.165) is 16.9 Å². The van der Waals surface area contributed by atoms with E-state index in [4.69, 9.17) is 11.6 Å². The minimum absolute atomic E-state index is 0.0702. The maximum atomic E-state index is 13.4. The molecule has 0 spiro atoms. The largest absolute Gasteiger partial charge is 0.309 e. The van der Waals surface area contributed by atoms with E-state index in [2.05, 4.69) is 35.7 Å². The number of nitrogens with one attached hydrogen (secondary N) is 1. The highest BCUT2D eigenvalue weighted by atomic mass is 35.5. The van der Waals surface area contributed by atoms with Crippen molar-refractivity contribution >= 4 is 29.0 Å². The van der Waals surface area contributed by atoms with Crippen LogP contribution in [0.2, 0.25) is 5.02 Å². The van der Waals surface area contributed by atoms with Gasteiger partial charge in [0.25, 0.3) is 0 Å². The lowest BCUT2D eigenvalue weighted by atomic mass is 10.1. The third kappa shape index (κ3) is 3.80. The Morgan fingerprint density at radius 2 is 1.97 bits per heavy atom. The first-order valence-corrected chi connectivity index (χ1v) is 9.67. The predicted molar refractivity (Wildman–Crippen MR) is 113 cm³/mol. The summed E-state index contributed by atoms with van der Waals surface area (Å²) in [5, 5.41) is 20.2. The van der Waals surface area contributed by atoms with Crippen molar-refractivity contribution in [3.05, 3.63) is 77.2 Å². The number of aromatic nitrogens is 8. The third-order valence-corrected chi connectivity index (χ3v) is 4.97. The molecular formula is C20H15ClFN9. The first-order chi connectivity index (χ1) is 15.1. The molecule has 0 saturated heterocycles. The SMILES string of the molecule is Cn1nccc1Nc1nccc(-c2cnn3c(Cc4ccc(F)c(Cl)c4)nnc3c2)n1. The topological polar surface area (TPSA) is 98.7 Å². The number of nitrogens with zero attached hydrogens (tertiary/aromatic N) is 8. The van der Waals surface area contributed by atoms with Gasteiger partial charge in [-0.3, -0.25) is 4.68 Å². The predicted octanol–water partition coefficient (Wildman–Crippen LogP) is 3.44. The number of benzene rings is 1. The van der Waals surface area contributed by atoms with E-state index in [-0.39, 0.29) is 5.02 Å². The van der Waals surface area contributed by atoms with Gasteiger partial charge in [-0.25, -0.2) is 14.4 Å². The van der Waals surface area contributed by atoms with Gasteiger partial charge < -0.3 is 5.32 Å². The minimum Gasteiger partial charge on any atom is -0.309 e. The molecule has 1 N–H and O–H groups in total. The Morgan fingerprint density at radius 3 is 2.77 bits per heavy atom. The number of fused-ring (bicyclic) bond motifs is 1. The first kappa shape index (κ1) is 19.1. The van der Waals surface area contributed by atoms with Crippen molar-refractivity contribution in [3.8, 4) is 11.3 Å². The van der Waals surface area contributed by atoms with Crippen LogP contribution in [0, 0.1) is 5.82 Å². The van der Waals surface area contributed by atoms with Gasteiger partial charge in [-0.05, 0) is 29.8 Å². The molecular weight excluding hydrogens is 421 g/mol. The highest BCUT2D eigenvalue weighted by Gasteiger charge is 2.12. The highest BCUT2D eigenvalue weighted by molar-refractivity contribution is 6.30. The summed E-state index contributed by atoms with van der Waals surface area (Å²) in [6.07, 6.45) is 5.46. The van der Waals surface area contributed by atoms with E-state index in [1.54, 1.807) is 46.0 Å². The molecule has 5 rings (SSSR count). The molecule has 0 saturated carbocycles. The monoisotopic (exact) mass is 435 g/mol. The molecule has 0 aliphatic carbocycles. The molecule has 0 radical (unpaired) electrons. The lowest BCUT2D eigenvalue weighted by Gasteiger charge is -2.07. The number of anilines is 2. The van der Waals surface area contributed by atoms with Crippen molar-refractivity contribution in [2.75, 3.05) is 5.32 Å². The molecule has 31 heavy (non-hydrogen) atoms. The van der Waals surface area contributed by atoms with Gasteiger partial charge in [-0.2, -0.15) is 14.7 Å². The van der Waals surface area contributed by atoms with Crippen molar-refractivity contribution in [1.29, 1.82) is 0 Å². The normalized spacial score (nSPS) is 11.2. The van der Waals surface area contributed by atoms with E-state index in [0.29, 0.717) is 29.5 Å². The van der Waals surface area contributed by atoms with Crippen molar-refractivity contribution in [3.63, 3.8) is 0 Å². The fourth-order valence-corrected chi connectivity index (χ4v) is 3.31. The highest BCUT2D eigenvalue weighted by Crippen LogP contribution is 2.21. The Kier molecular flexibility index (Phi) is 4.75. The summed E-state index contributed by atoms with van der Waals surface area (Å²) in [6, 6.07) is 10.0. The van der Waals surface area contributed by atoms with Crippen LogP contribution in [0.25, 0.3) is 16.9 Å². The molecule has 0 aliphatic heterocycles. The molecule has 5 aromatic rings. The molecule has 1 aromatic carbocycles. The average molecular weight is 436 g/mol. The molecule has 0 aliphatic rings. The third-order valence-electron chi connectivity index (χ3n) is 4.68. The van der Waals surface area contributed by atoms with E-state index in [1.165, 1.54) is 6.07 Å². The van der Waals surface area contributed by atoms with Crippen molar-refractivity contribution in [2.24, 2.45) is 7.05 Å². The Bertz CT molecular complexity index is 1390. The molecule has 154 valence electrons. The fraction of sp³-hybridized carbons (Fsp3) is 0.100. The van der Waals surface area contributed by atoms with E-state index in [9.17, 15) is 4.39 Å². The second-order valence-corrected chi connectivity index (χ2v) is 7.19. The molecule has 0 unspecified atom stereocenters. The van der Waals surface area contributed by atoms with E-state index >= 15 is 0 Å². The Labute approximate surface area is 180 Å². The molecule has 4 aromatic heterocycles. The van der Waals surface area contributed by atoms with Gasteiger partial charge in [-0.15, -0.1) is 10.2 Å². The second kappa shape index (κ2) is 7.73. The zero-order chi connectivity index (χ0) is 21.4. The summed E-state index contributed by atoms with van der Waals surface area (Å²) in [6.45, 7) is 0. The van der Waals surface area contributed by atoms with E-state index < -0.39 is 5.82 Å². The molecule has 4 heterocycles. The number of hydrogen-bond donors (Lipinski definition) is 1. The van der Waals surface area contributed by atoms with Crippen LogP contribution in [0.15, 0.2) is 55.0 Å². The summed E-state index contributed by atoms with van der Waals surface area (Å²) >= 11 is 5.87. The van der Waals surface area contributed by atoms with Gasteiger partial charge in [0.1, 0.15) is 11.6 Å². The Morgan fingerprint density at radius 1 is 1.06 bits per heavy atom. The second-order valence-electron chi connectivity index (χ2n) is 6.79. The van der Waals surface area contributed by atoms with Crippen molar-refractivity contribution < 1.29 is 4.39 Å². The fourth-order valence-electron chi connectivity index (χ4n) is 3.11. The number of rotatable bonds is 5. The van der Waals surface area contributed by atoms with Crippen LogP contribution < -0.4 is 5.32 Å². The van der Waals surface area contributed by atoms with Gasteiger partial charge in [-0.1, -0.05) is 17.7 Å². The molecule has 11 heteroatoms. The molecule has 0 atom stereocenters. The number of halogens is 2. The van der Waals surface area contributed by atoms with Crippen LogP contribution in [0.4, 0.5) is 16.2 Å². The van der Waals surface area contributed by atoms with Gasteiger partial charge >= 0.3 is 0 Å². The Hall–Kier alpha value is -3.92. The van der Waals surface area contributed by atoms with E-state index in [1.807, 2.05) is 19.2 Å². The van der Waals surface area contributed by atoms with Gasteiger partial charge in [0.15, 0.2) is 11.5 Å². The smallest absolute Gasteiger partial charge is 0.228 e. The summed E-state index contributed by atoms with van der Waals surface area (Å²) in [5.74, 6) is 1.37. The number of aryl methyl sites for hydroxylation is 1. The quantitative estimate of drug-likeness (QED) is 0.451. The van der Waals surface area contributed by atoms with Gasteiger partial charge in [0.2, 0.25) is 5.95 Å². The maximum absolute atomic E-state index is 13.4. The molecule has 0 bridgehead atoms. The van der Waals surface area contributed by atoms with Crippen LogP contribution in [0.1, 0.15) is 11.4 Å². The molecule has 0 amide bonds. The number of hydrogen-bond acceptors (Lipinski definition) is 7. The van der Waals surface area contributed by atoms with Crippen molar-refractivity contribution in [2.45, 2.75) is 6.42 Å². The summed E-state index contributed by atoms with van der Waals surface area (Å²) in [4.78, 5) is 8.80. The van der Waals surface area contributed by atoms with Crippen LogP contribution in [0.5, 0.6) is 0 Å². The van der Waals surface area contributed by atoms with Gasteiger partial charge in [0.05, 0.1) is 23.1 Å². The van der Waals surface area contributed by atoms with Crippen molar-refractivity contribution in [1.82, 2.24) is 39.6 Å². The minimum atomic E-state index is -0.457. The lowest BCUT2D eigenvalue weighted by molar-refractivity contribution is 0.627. The summed E-state index contributed by atoms with van der Waals surface area (Å²) in [7, 11) is 1.83.